The molecule has 28 heavy (non-hydrogen) atoms. The van der Waals surface area contributed by atoms with Gasteiger partial charge in [-0.25, -0.2) is 4.79 Å². The van der Waals surface area contributed by atoms with Crippen LogP contribution in [0.2, 0.25) is 0 Å². The van der Waals surface area contributed by atoms with Gasteiger partial charge in [-0.2, -0.15) is 0 Å². The third-order valence-corrected chi connectivity index (χ3v) is 5.29. The van der Waals surface area contributed by atoms with E-state index in [1.807, 2.05) is 30.3 Å². The molecule has 0 bridgehead atoms. The topological polar surface area (TPSA) is 85.8 Å². The lowest BCUT2D eigenvalue weighted by Crippen LogP contribution is -2.36. The lowest BCUT2D eigenvalue weighted by molar-refractivity contribution is 0.0755. The van der Waals surface area contributed by atoms with Crippen LogP contribution in [0.25, 0.3) is 0 Å². The van der Waals surface area contributed by atoms with Gasteiger partial charge in [0, 0.05) is 25.6 Å². The molecular formula is C22H28N2O4. The van der Waals surface area contributed by atoms with E-state index in [4.69, 9.17) is 14.9 Å². The molecule has 2 heterocycles. The Morgan fingerprint density at radius 3 is 2.64 bits per heavy atom. The highest BCUT2D eigenvalue weighted by molar-refractivity contribution is 5.95. The highest BCUT2D eigenvalue weighted by Gasteiger charge is 2.24. The maximum Gasteiger partial charge on any atom is 0.349 e. The Balaban J connectivity index is 1.71. The van der Waals surface area contributed by atoms with E-state index in [1.54, 1.807) is 18.9 Å². The molecule has 0 spiro atoms. The van der Waals surface area contributed by atoms with Crippen LogP contribution in [0.5, 0.6) is 5.75 Å². The number of methoxy groups -OCH3 is 1. The summed E-state index contributed by atoms with van der Waals surface area (Å²) in [5.41, 5.74) is 7.37. The van der Waals surface area contributed by atoms with E-state index in [9.17, 15) is 9.59 Å². The molecule has 1 aromatic carbocycles. The van der Waals surface area contributed by atoms with Crippen molar-refractivity contribution in [3.05, 3.63) is 63.2 Å². The van der Waals surface area contributed by atoms with Crippen LogP contribution in [-0.2, 0) is 12.8 Å². The average molecular weight is 384 g/mol. The Labute approximate surface area is 165 Å². The second-order valence-corrected chi connectivity index (χ2v) is 7.39. The van der Waals surface area contributed by atoms with Crippen LogP contribution in [0.1, 0.15) is 46.5 Å². The predicted molar refractivity (Wildman–Crippen MR) is 108 cm³/mol. The summed E-state index contributed by atoms with van der Waals surface area (Å²) < 4.78 is 10.6. The fourth-order valence-electron chi connectivity index (χ4n) is 3.60. The van der Waals surface area contributed by atoms with E-state index in [1.165, 1.54) is 0 Å². The number of carbonyl (C=O) groups is 1. The van der Waals surface area contributed by atoms with Gasteiger partial charge in [-0.15, -0.1) is 0 Å². The summed E-state index contributed by atoms with van der Waals surface area (Å²) in [6.07, 6.45) is 3.86. The normalized spacial score (nSPS) is 17.2. The molecule has 150 valence electrons. The molecule has 1 aromatic heterocycles. The molecule has 6 heteroatoms. The number of nitrogens with zero attached hydrogens (tertiary/aromatic N) is 1. The van der Waals surface area contributed by atoms with Gasteiger partial charge in [-0.3, -0.25) is 4.79 Å². The molecule has 1 unspecified atom stereocenters. The highest BCUT2D eigenvalue weighted by Crippen LogP contribution is 2.17. The second-order valence-electron chi connectivity index (χ2n) is 7.39. The molecule has 3 rings (SSSR count). The van der Waals surface area contributed by atoms with Gasteiger partial charge in [0.2, 0.25) is 0 Å². The van der Waals surface area contributed by atoms with Gasteiger partial charge in [0.15, 0.2) is 0 Å². The van der Waals surface area contributed by atoms with Crippen LogP contribution in [0, 0.1) is 6.92 Å². The monoisotopic (exact) mass is 384 g/mol. The van der Waals surface area contributed by atoms with E-state index in [-0.39, 0.29) is 17.5 Å². The van der Waals surface area contributed by atoms with Crippen molar-refractivity contribution < 1.29 is 13.9 Å². The number of carbonyl (C=O) groups excluding carboxylic acids is 1. The minimum atomic E-state index is -0.553. The van der Waals surface area contributed by atoms with Crippen molar-refractivity contribution >= 4 is 5.91 Å². The number of ether oxygens (including phenoxy) is 1. The highest BCUT2D eigenvalue weighted by atomic mass is 16.5. The maximum absolute atomic E-state index is 12.9. The third-order valence-electron chi connectivity index (χ3n) is 5.29. The summed E-state index contributed by atoms with van der Waals surface area (Å²) in [6.45, 7) is 3.01. The van der Waals surface area contributed by atoms with Crippen molar-refractivity contribution in [3.8, 4) is 5.75 Å². The molecule has 1 aliphatic rings. The van der Waals surface area contributed by atoms with Gasteiger partial charge in [-0.05, 0) is 61.9 Å². The first-order chi connectivity index (χ1) is 13.5. The summed E-state index contributed by atoms with van der Waals surface area (Å²) in [7, 11) is 1.63. The minimum absolute atomic E-state index is 0.121. The molecule has 2 N–H and O–H groups in total. The van der Waals surface area contributed by atoms with Crippen molar-refractivity contribution in [2.24, 2.45) is 5.73 Å². The van der Waals surface area contributed by atoms with E-state index in [2.05, 4.69) is 0 Å². The third kappa shape index (κ3) is 4.81. The molecule has 0 radical (unpaired) electrons. The number of rotatable bonds is 5. The zero-order valence-electron chi connectivity index (χ0n) is 16.6. The number of hydrogen-bond acceptors (Lipinski definition) is 5. The number of benzene rings is 1. The average Bonchev–Trinajstić information content (AvgIpc) is 2.90. The van der Waals surface area contributed by atoms with Gasteiger partial charge in [0.25, 0.3) is 5.91 Å². The van der Waals surface area contributed by atoms with Gasteiger partial charge >= 0.3 is 5.63 Å². The Morgan fingerprint density at radius 2 is 1.96 bits per heavy atom. The zero-order valence-corrected chi connectivity index (χ0v) is 16.6. The Bertz CT molecular complexity index is 873. The number of hydrogen-bond donors (Lipinski definition) is 1. The number of nitrogens with two attached hydrogens (primary N) is 1. The predicted octanol–water partition coefficient (Wildman–Crippen LogP) is 2.70. The van der Waals surface area contributed by atoms with Crippen LogP contribution in [-0.4, -0.2) is 37.0 Å². The van der Waals surface area contributed by atoms with Crippen LogP contribution in [0.4, 0.5) is 0 Å². The second kappa shape index (κ2) is 9.06. The lowest BCUT2D eigenvalue weighted by Gasteiger charge is -2.20. The van der Waals surface area contributed by atoms with E-state index in [0.717, 1.165) is 37.0 Å². The molecule has 0 saturated carbocycles. The molecular weight excluding hydrogens is 356 g/mol. The summed E-state index contributed by atoms with van der Waals surface area (Å²) in [6, 6.07) is 9.73. The van der Waals surface area contributed by atoms with Crippen molar-refractivity contribution in [2.45, 2.75) is 45.1 Å². The minimum Gasteiger partial charge on any atom is -0.497 e. The van der Waals surface area contributed by atoms with Crippen LogP contribution >= 0.6 is 0 Å². The Morgan fingerprint density at radius 1 is 1.21 bits per heavy atom. The SMILES string of the molecule is COc1ccc(CCc2cc(C)c(C(=O)N3CCCC(N)CC3)c(=O)o2)cc1. The molecule has 2 aromatic rings. The molecule has 1 saturated heterocycles. The smallest absolute Gasteiger partial charge is 0.349 e. The Hall–Kier alpha value is -2.60. The fourth-order valence-corrected chi connectivity index (χ4v) is 3.60. The Kier molecular flexibility index (Phi) is 6.52. The van der Waals surface area contributed by atoms with E-state index >= 15 is 0 Å². The van der Waals surface area contributed by atoms with Crippen molar-refractivity contribution in [3.63, 3.8) is 0 Å². The van der Waals surface area contributed by atoms with Gasteiger partial charge in [0.05, 0.1) is 7.11 Å². The van der Waals surface area contributed by atoms with E-state index in [0.29, 0.717) is 30.8 Å². The fraction of sp³-hybridized carbons (Fsp3) is 0.455. The molecule has 1 amide bonds. The largest absolute Gasteiger partial charge is 0.497 e. The number of likely N-dealkylation sites (tertiary alicyclic amines) is 1. The van der Waals surface area contributed by atoms with Crippen molar-refractivity contribution in [1.82, 2.24) is 4.90 Å². The van der Waals surface area contributed by atoms with Crippen LogP contribution in [0.3, 0.4) is 0 Å². The maximum atomic E-state index is 12.9. The number of amides is 1. The van der Waals surface area contributed by atoms with Crippen LogP contribution in [0.15, 0.2) is 39.5 Å². The molecule has 1 atom stereocenters. The summed E-state index contributed by atoms with van der Waals surface area (Å²) >= 11 is 0. The van der Waals surface area contributed by atoms with Crippen molar-refractivity contribution in [2.75, 3.05) is 20.2 Å². The van der Waals surface area contributed by atoms with E-state index < -0.39 is 5.63 Å². The molecule has 1 fully saturated rings. The first kappa shape index (κ1) is 20.1. The summed E-state index contributed by atoms with van der Waals surface area (Å²) in [5.74, 6) is 1.15. The zero-order chi connectivity index (χ0) is 20.1. The first-order valence-electron chi connectivity index (χ1n) is 9.79. The number of aryl methyl sites for hydroxylation is 3. The summed E-state index contributed by atoms with van der Waals surface area (Å²) in [4.78, 5) is 27.1. The molecule has 6 nitrogen and oxygen atoms in total. The molecule has 0 aliphatic carbocycles. The van der Waals surface area contributed by atoms with Gasteiger partial charge in [-0.1, -0.05) is 12.1 Å². The standard InChI is InChI=1S/C22H28N2O4/c1-15-14-19(10-7-16-5-8-18(27-2)9-6-16)28-22(26)20(15)21(25)24-12-3-4-17(23)11-13-24/h5-6,8-9,14,17H,3-4,7,10-13,23H2,1-2H3. The van der Waals surface area contributed by atoms with Gasteiger partial charge in [0.1, 0.15) is 17.1 Å². The lowest BCUT2D eigenvalue weighted by atomic mass is 10.1. The first-order valence-corrected chi connectivity index (χ1v) is 9.79. The van der Waals surface area contributed by atoms with Gasteiger partial charge < -0.3 is 19.8 Å². The summed E-state index contributed by atoms with van der Waals surface area (Å²) in [5, 5.41) is 0. The quantitative estimate of drug-likeness (QED) is 0.857. The van der Waals surface area contributed by atoms with Crippen LogP contribution < -0.4 is 16.1 Å². The molecule has 1 aliphatic heterocycles. The van der Waals surface area contributed by atoms with Crippen molar-refractivity contribution in [1.29, 1.82) is 0 Å².